The van der Waals surface area contributed by atoms with E-state index in [9.17, 15) is 4.79 Å². The molecule has 23 heavy (non-hydrogen) atoms. The lowest BCUT2D eigenvalue weighted by atomic mass is 9.92. The molecule has 0 aromatic rings. The van der Waals surface area contributed by atoms with Gasteiger partial charge in [-0.2, -0.15) is 0 Å². The van der Waals surface area contributed by atoms with Crippen LogP contribution in [-0.2, 0) is 14.3 Å². The summed E-state index contributed by atoms with van der Waals surface area (Å²) in [5, 5.41) is 0. The summed E-state index contributed by atoms with van der Waals surface area (Å²) in [5.41, 5.74) is 1.05. The molecule has 3 fully saturated rings. The molecule has 4 aliphatic rings. The first-order valence-electron chi connectivity index (χ1n) is 9.06. The highest BCUT2D eigenvalue weighted by Crippen LogP contribution is 2.46. The van der Waals surface area contributed by atoms with E-state index in [0.29, 0.717) is 17.9 Å². The minimum Gasteiger partial charge on any atom is -0.381 e. The largest absolute Gasteiger partial charge is 0.381 e. The second-order valence-corrected chi connectivity index (χ2v) is 8.98. The van der Waals surface area contributed by atoms with E-state index in [4.69, 9.17) is 9.47 Å². The van der Waals surface area contributed by atoms with E-state index in [1.54, 1.807) is 0 Å². The van der Waals surface area contributed by atoms with Crippen molar-refractivity contribution in [2.24, 2.45) is 5.92 Å². The number of nitrogens with zero attached hydrogens (tertiary/aromatic N) is 1. The fourth-order valence-electron chi connectivity index (χ4n) is 4.18. The maximum absolute atomic E-state index is 12.4. The lowest BCUT2D eigenvalue weighted by Gasteiger charge is -2.47. The number of carbonyl (C=O) groups excluding carboxylic acids is 1. The predicted octanol–water partition coefficient (Wildman–Crippen LogP) is 2.63. The van der Waals surface area contributed by atoms with Crippen LogP contribution in [0.3, 0.4) is 0 Å². The summed E-state index contributed by atoms with van der Waals surface area (Å²) in [6, 6.07) is 0. The van der Waals surface area contributed by atoms with Gasteiger partial charge in [0.1, 0.15) is 0 Å². The molecule has 3 aliphatic heterocycles. The number of likely N-dealkylation sites (tertiary alicyclic amines) is 1. The second-order valence-electron chi connectivity index (χ2n) is 7.49. The van der Waals surface area contributed by atoms with Crippen LogP contribution < -0.4 is 0 Å². The average Bonchev–Trinajstić information content (AvgIpc) is 3.22. The summed E-state index contributed by atoms with van der Waals surface area (Å²) in [6.45, 7) is 4.52. The number of hydrogen-bond donors (Lipinski definition) is 0. The quantitative estimate of drug-likeness (QED) is 0.790. The van der Waals surface area contributed by atoms with Crippen molar-refractivity contribution in [2.75, 3.05) is 38.7 Å². The first-order valence-corrected chi connectivity index (χ1v) is 10.0. The van der Waals surface area contributed by atoms with E-state index < -0.39 is 0 Å². The predicted molar refractivity (Wildman–Crippen MR) is 91.6 cm³/mol. The van der Waals surface area contributed by atoms with Crippen molar-refractivity contribution in [1.82, 2.24) is 4.90 Å². The number of hydrogen-bond acceptors (Lipinski definition) is 4. The summed E-state index contributed by atoms with van der Waals surface area (Å²) in [6.07, 6.45) is 9.12. The lowest BCUT2D eigenvalue weighted by Crippen LogP contribution is -2.61. The number of thioether (sulfide) groups is 1. The molecule has 0 aromatic heterocycles. The van der Waals surface area contributed by atoms with Crippen LogP contribution in [0.2, 0.25) is 0 Å². The molecule has 0 saturated carbocycles. The number of allylic oxidation sites excluding steroid dienone is 1. The Kier molecular flexibility index (Phi) is 4.70. The van der Waals surface area contributed by atoms with Crippen LogP contribution in [0.1, 0.15) is 38.5 Å². The zero-order valence-corrected chi connectivity index (χ0v) is 14.6. The van der Waals surface area contributed by atoms with E-state index >= 15 is 0 Å². The third-order valence-corrected chi connectivity index (χ3v) is 7.22. The molecule has 3 saturated heterocycles. The minimum atomic E-state index is 0.287. The molecular formula is C18H27NO3S. The van der Waals surface area contributed by atoms with Gasteiger partial charge in [0.2, 0.25) is 5.91 Å². The van der Waals surface area contributed by atoms with Gasteiger partial charge < -0.3 is 14.4 Å². The van der Waals surface area contributed by atoms with Crippen LogP contribution in [0.15, 0.2) is 11.6 Å². The molecule has 0 bridgehead atoms. The standard InChI is InChI=1S/C18H27NO3S/c20-17(15-3-1-2-4-15)19-12-18(13-19)9-16(11-23-18)22-10-14-5-7-21-8-6-14/h3,14,16H,1-2,4-13H2/t16-/m1/s1. The van der Waals surface area contributed by atoms with Crippen molar-refractivity contribution in [2.45, 2.75) is 49.4 Å². The average molecular weight is 337 g/mol. The lowest BCUT2D eigenvalue weighted by molar-refractivity contribution is -0.132. The van der Waals surface area contributed by atoms with Crippen molar-refractivity contribution < 1.29 is 14.3 Å². The molecule has 1 amide bonds. The fraction of sp³-hybridized carbons (Fsp3) is 0.833. The number of ether oxygens (including phenoxy) is 2. The number of amides is 1. The maximum atomic E-state index is 12.4. The first kappa shape index (κ1) is 16.0. The summed E-state index contributed by atoms with van der Waals surface area (Å²) in [4.78, 5) is 14.4. The summed E-state index contributed by atoms with van der Waals surface area (Å²) < 4.78 is 11.9. The molecule has 3 heterocycles. The fourth-order valence-corrected chi connectivity index (χ4v) is 5.73. The van der Waals surface area contributed by atoms with Gasteiger partial charge in [-0.1, -0.05) is 6.08 Å². The Balaban J connectivity index is 1.21. The first-order chi connectivity index (χ1) is 11.2. The Morgan fingerprint density at radius 2 is 2.22 bits per heavy atom. The smallest absolute Gasteiger partial charge is 0.249 e. The maximum Gasteiger partial charge on any atom is 0.249 e. The van der Waals surface area contributed by atoms with E-state index in [1.807, 2.05) is 16.7 Å². The van der Waals surface area contributed by atoms with Crippen LogP contribution in [0.5, 0.6) is 0 Å². The highest BCUT2D eigenvalue weighted by Gasteiger charge is 2.51. The summed E-state index contributed by atoms with van der Waals surface area (Å²) >= 11 is 2.03. The van der Waals surface area contributed by atoms with E-state index in [1.165, 1.54) is 0 Å². The Morgan fingerprint density at radius 1 is 1.39 bits per heavy atom. The van der Waals surface area contributed by atoms with Gasteiger partial charge in [-0.05, 0) is 44.4 Å². The third-order valence-electron chi connectivity index (χ3n) is 5.64. The van der Waals surface area contributed by atoms with E-state index in [0.717, 1.165) is 82.8 Å². The normalized spacial score (nSPS) is 30.5. The molecule has 0 aromatic carbocycles. The summed E-state index contributed by atoms with van der Waals surface area (Å²) in [5.74, 6) is 2.06. The Hall–Kier alpha value is -0.520. The van der Waals surface area contributed by atoms with Crippen LogP contribution in [0.4, 0.5) is 0 Å². The Bertz CT molecular complexity index is 481. The third kappa shape index (κ3) is 3.47. The van der Waals surface area contributed by atoms with Gasteiger partial charge in [0.05, 0.1) is 10.9 Å². The van der Waals surface area contributed by atoms with Gasteiger partial charge in [0.25, 0.3) is 0 Å². The number of rotatable bonds is 4. The van der Waals surface area contributed by atoms with Crippen molar-refractivity contribution in [3.63, 3.8) is 0 Å². The van der Waals surface area contributed by atoms with Crippen LogP contribution in [-0.4, -0.2) is 60.3 Å². The van der Waals surface area contributed by atoms with Crippen molar-refractivity contribution in [3.8, 4) is 0 Å². The van der Waals surface area contributed by atoms with Gasteiger partial charge in [-0.3, -0.25) is 4.79 Å². The SMILES string of the molecule is O=C(C1=CCCC1)N1CC2(C[C@@H](OCC3CCOCC3)CS2)C1. The zero-order valence-electron chi connectivity index (χ0n) is 13.8. The van der Waals surface area contributed by atoms with Gasteiger partial charge in [0, 0.05) is 44.2 Å². The van der Waals surface area contributed by atoms with Gasteiger partial charge in [-0.15, -0.1) is 11.8 Å². The minimum absolute atomic E-state index is 0.287. The molecular weight excluding hydrogens is 310 g/mol. The zero-order chi connectivity index (χ0) is 15.7. The number of carbonyl (C=O) groups is 1. The van der Waals surface area contributed by atoms with Gasteiger partial charge in [-0.25, -0.2) is 0 Å². The van der Waals surface area contributed by atoms with Crippen LogP contribution >= 0.6 is 11.8 Å². The molecule has 0 radical (unpaired) electrons. The Morgan fingerprint density at radius 3 is 2.96 bits per heavy atom. The Labute approximate surface area is 143 Å². The highest BCUT2D eigenvalue weighted by molar-refractivity contribution is 8.01. The monoisotopic (exact) mass is 337 g/mol. The second kappa shape index (κ2) is 6.77. The molecule has 0 N–H and O–H groups in total. The molecule has 0 unspecified atom stereocenters. The van der Waals surface area contributed by atoms with Gasteiger partial charge >= 0.3 is 0 Å². The van der Waals surface area contributed by atoms with E-state index in [2.05, 4.69) is 6.08 Å². The molecule has 128 valence electrons. The van der Waals surface area contributed by atoms with E-state index in [-0.39, 0.29) is 4.75 Å². The summed E-state index contributed by atoms with van der Waals surface area (Å²) in [7, 11) is 0. The molecule has 1 spiro atoms. The van der Waals surface area contributed by atoms with Crippen LogP contribution in [0.25, 0.3) is 0 Å². The topological polar surface area (TPSA) is 38.8 Å². The van der Waals surface area contributed by atoms with Crippen LogP contribution in [0, 0.1) is 5.92 Å². The highest BCUT2D eigenvalue weighted by atomic mass is 32.2. The molecule has 5 heteroatoms. The van der Waals surface area contributed by atoms with Crippen molar-refractivity contribution in [3.05, 3.63) is 11.6 Å². The van der Waals surface area contributed by atoms with Crippen molar-refractivity contribution >= 4 is 17.7 Å². The van der Waals surface area contributed by atoms with Crippen molar-refractivity contribution in [1.29, 1.82) is 0 Å². The molecule has 1 atom stereocenters. The molecule has 4 rings (SSSR count). The molecule has 1 aliphatic carbocycles. The molecule has 4 nitrogen and oxygen atoms in total. The van der Waals surface area contributed by atoms with Gasteiger partial charge in [0.15, 0.2) is 0 Å².